The molecule has 1 aromatic carbocycles. The van der Waals surface area contributed by atoms with Crippen molar-refractivity contribution in [3.05, 3.63) is 59.9 Å². The number of hydrogen-bond donors (Lipinski definition) is 1. The molecule has 0 spiro atoms. The van der Waals surface area contributed by atoms with E-state index in [9.17, 15) is 4.79 Å². The third-order valence-electron chi connectivity index (χ3n) is 4.83. The Balaban J connectivity index is 0.000000757. The summed E-state index contributed by atoms with van der Waals surface area (Å²) < 4.78 is 7.24. The lowest BCUT2D eigenvalue weighted by Crippen LogP contribution is -2.34. The summed E-state index contributed by atoms with van der Waals surface area (Å²) in [6.45, 7) is 8.68. The molecule has 2 amide bonds. The first-order valence-electron chi connectivity index (χ1n) is 10.4. The molecule has 0 bridgehead atoms. The molecule has 7 heteroatoms. The Kier molecular flexibility index (Phi) is 9.13. The number of nitrogens with zero attached hydrogens (tertiary/aromatic N) is 3. The van der Waals surface area contributed by atoms with E-state index in [1.165, 1.54) is 0 Å². The van der Waals surface area contributed by atoms with Crippen LogP contribution in [-0.2, 0) is 0 Å². The van der Waals surface area contributed by atoms with Crippen molar-refractivity contribution in [3.8, 4) is 5.75 Å². The molecule has 6 nitrogen and oxygen atoms in total. The number of pyridine rings is 1. The number of carbonyl (C=O) groups excluding carboxylic acids is 1. The fraction of sp³-hybridized carbons (Fsp3) is 0.391. The summed E-state index contributed by atoms with van der Waals surface area (Å²) in [6, 6.07) is 11.8. The predicted molar refractivity (Wildman–Crippen MR) is 128 cm³/mol. The molecule has 1 fully saturated rings. The number of carbonyl (C=O) groups is 1. The first-order valence-corrected chi connectivity index (χ1v) is 11.5. The van der Waals surface area contributed by atoms with E-state index in [0.717, 1.165) is 41.9 Å². The number of nitrogens with one attached hydrogen (secondary N) is 1. The van der Waals surface area contributed by atoms with Gasteiger partial charge >= 0.3 is 6.03 Å². The summed E-state index contributed by atoms with van der Waals surface area (Å²) in [5.41, 5.74) is 3.06. The summed E-state index contributed by atoms with van der Waals surface area (Å²) in [7, 11) is 4.07. The minimum atomic E-state index is -0.115. The Morgan fingerprint density at radius 3 is 2.70 bits per heavy atom. The molecule has 3 aromatic rings. The van der Waals surface area contributed by atoms with Gasteiger partial charge in [0.15, 0.2) is 5.82 Å². The van der Waals surface area contributed by atoms with Gasteiger partial charge in [-0.1, -0.05) is 38.7 Å². The monoisotopic (exact) mass is 428 g/mol. The number of hydrogen-bond acceptors (Lipinski definition) is 3. The largest absolute Gasteiger partial charge is 0.497 e. The van der Waals surface area contributed by atoms with Crippen LogP contribution in [0.5, 0.6) is 5.75 Å². The van der Waals surface area contributed by atoms with E-state index >= 15 is 0 Å². The number of fused-ring (bicyclic) bond motifs is 1. The van der Waals surface area contributed by atoms with Crippen molar-refractivity contribution in [2.24, 2.45) is 0 Å². The van der Waals surface area contributed by atoms with Gasteiger partial charge < -0.3 is 14.0 Å². The first-order chi connectivity index (χ1) is 14.6. The zero-order valence-corrected chi connectivity index (χ0v) is 19.7. The molecule has 1 N–H and O–H groups in total. The standard InChI is InChI=1S/C20H22N4O2.C2H6.CH5P/c1-14-8-9-19-21-18(13-23(19)12-14)22-20(25)24-10-4-7-17(24)15-5-3-6-16(11-15)26-2;2*1-2/h3,5-6,8-9,11-13,17H,4,7,10H2,1-2H3,(H,22,25);1-2H3;2H2,1H3. The van der Waals surface area contributed by atoms with E-state index < -0.39 is 0 Å². The van der Waals surface area contributed by atoms with Gasteiger partial charge in [0.05, 0.1) is 19.3 Å². The van der Waals surface area contributed by atoms with Crippen LogP contribution in [0, 0.1) is 6.92 Å². The number of aryl methyl sites for hydroxylation is 1. The molecule has 30 heavy (non-hydrogen) atoms. The Hall–Kier alpha value is -2.59. The molecule has 0 radical (unpaired) electrons. The Morgan fingerprint density at radius 2 is 1.97 bits per heavy atom. The summed E-state index contributed by atoms with van der Waals surface area (Å²) in [5.74, 6) is 1.38. The summed E-state index contributed by atoms with van der Waals surface area (Å²) in [5, 5.41) is 2.94. The van der Waals surface area contributed by atoms with Gasteiger partial charge in [0.25, 0.3) is 0 Å². The highest BCUT2D eigenvalue weighted by Gasteiger charge is 2.30. The molecule has 0 saturated carbocycles. The molecule has 2 atom stereocenters. The van der Waals surface area contributed by atoms with E-state index in [0.29, 0.717) is 5.82 Å². The lowest BCUT2D eigenvalue weighted by molar-refractivity contribution is 0.207. The number of rotatable bonds is 3. The first kappa shape index (κ1) is 23.7. The SMILES string of the molecule is CC.COc1cccc(C2CCCN2C(=O)Nc2cn3cc(C)ccc3n2)c1.CP. The van der Waals surface area contributed by atoms with Crippen LogP contribution in [-0.4, -0.2) is 40.6 Å². The van der Waals surface area contributed by atoms with Crippen molar-refractivity contribution in [2.75, 3.05) is 25.6 Å². The van der Waals surface area contributed by atoms with E-state index in [4.69, 9.17) is 4.74 Å². The number of ether oxygens (including phenoxy) is 1. The van der Waals surface area contributed by atoms with Crippen LogP contribution in [0.2, 0.25) is 0 Å². The van der Waals surface area contributed by atoms with Crippen LogP contribution in [0.3, 0.4) is 0 Å². The third-order valence-corrected chi connectivity index (χ3v) is 4.83. The van der Waals surface area contributed by atoms with Crippen molar-refractivity contribution >= 4 is 26.7 Å². The molecule has 4 rings (SSSR count). The van der Waals surface area contributed by atoms with Crippen molar-refractivity contribution in [2.45, 2.75) is 39.7 Å². The lowest BCUT2D eigenvalue weighted by Gasteiger charge is -2.25. The second kappa shape index (κ2) is 11.6. The molecular formula is C23H33N4O2P. The maximum absolute atomic E-state index is 12.8. The van der Waals surface area contributed by atoms with Crippen molar-refractivity contribution in [3.63, 3.8) is 0 Å². The second-order valence-corrected chi connectivity index (χ2v) is 6.66. The Morgan fingerprint density at radius 1 is 1.20 bits per heavy atom. The van der Waals surface area contributed by atoms with Crippen LogP contribution in [0.1, 0.15) is 43.9 Å². The smallest absolute Gasteiger partial charge is 0.323 e. The van der Waals surface area contributed by atoms with E-state index in [1.54, 1.807) is 7.11 Å². The molecule has 3 heterocycles. The zero-order chi connectivity index (χ0) is 22.1. The fourth-order valence-electron chi connectivity index (χ4n) is 3.55. The fourth-order valence-corrected chi connectivity index (χ4v) is 3.55. The Bertz CT molecular complexity index is 957. The summed E-state index contributed by atoms with van der Waals surface area (Å²) in [4.78, 5) is 19.2. The van der Waals surface area contributed by atoms with Crippen molar-refractivity contribution in [1.29, 1.82) is 0 Å². The highest BCUT2D eigenvalue weighted by molar-refractivity contribution is 7.15. The predicted octanol–water partition coefficient (Wildman–Crippen LogP) is 5.54. The van der Waals surface area contributed by atoms with Gasteiger partial charge in [0.1, 0.15) is 11.4 Å². The average molecular weight is 429 g/mol. The van der Waals surface area contributed by atoms with Crippen LogP contribution in [0.15, 0.2) is 48.8 Å². The van der Waals surface area contributed by atoms with E-state index in [2.05, 4.69) is 19.5 Å². The second-order valence-electron chi connectivity index (χ2n) is 6.66. The molecule has 1 aliphatic rings. The van der Waals surface area contributed by atoms with Gasteiger partial charge in [-0.3, -0.25) is 5.32 Å². The van der Waals surface area contributed by atoms with Crippen LogP contribution in [0.25, 0.3) is 5.65 Å². The highest BCUT2D eigenvalue weighted by Crippen LogP contribution is 2.33. The highest BCUT2D eigenvalue weighted by atomic mass is 31.0. The Labute approximate surface area is 181 Å². The van der Waals surface area contributed by atoms with Crippen LogP contribution >= 0.6 is 9.24 Å². The number of likely N-dealkylation sites (tertiary alicyclic amines) is 1. The molecule has 0 aliphatic carbocycles. The number of amides is 2. The third kappa shape index (κ3) is 5.51. The summed E-state index contributed by atoms with van der Waals surface area (Å²) >= 11 is 0. The topological polar surface area (TPSA) is 58.9 Å². The quantitative estimate of drug-likeness (QED) is 0.558. The van der Waals surface area contributed by atoms with Gasteiger partial charge in [0.2, 0.25) is 0 Å². The van der Waals surface area contributed by atoms with Gasteiger partial charge in [-0.2, -0.15) is 0 Å². The van der Waals surface area contributed by atoms with Gasteiger partial charge in [0, 0.05) is 12.7 Å². The van der Waals surface area contributed by atoms with Crippen molar-refractivity contribution < 1.29 is 9.53 Å². The van der Waals surface area contributed by atoms with Crippen LogP contribution < -0.4 is 10.1 Å². The summed E-state index contributed by atoms with van der Waals surface area (Å²) in [6.07, 6.45) is 5.77. The lowest BCUT2D eigenvalue weighted by atomic mass is 10.0. The number of benzene rings is 1. The maximum Gasteiger partial charge on any atom is 0.323 e. The van der Waals surface area contributed by atoms with E-state index in [-0.39, 0.29) is 12.1 Å². The number of imidazole rings is 1. The number of methoxy groups -OCH3 is 1. The molecule has 162 valence electrons. The van der Waals surface area contributed by atoms with Gasteiger partial charge in [-0.15, -0.1) is 9.24 Å². The molecule has 1 aliphatic heterocycles. The van der Waals surface area contributed by atoms with Gasteiger partial charge in [-0.25, -0.2) is 9.78 Å². The number of anilines is 1. The molecular weight excluding hydrogens is 395 g/mol. The normalized spacial score (nSPS) is 15.0. The number of aromatic nitrogens is 2. The van der Waals surface area contributed by atoms with Crippen LogP contribution in [0.4, 0.5) is 10.6 Å². The minimum Gasteiger partial charge on any atom is -0.497 e. The molecule has 2 unspecified atom stereocenters. The molecule has 2 aromatic heterocycles. The molecule has 1 saturated heterocycles. The maximum atomic E-state index is 12.8. The number of urea groups is 1. The zero-order valence-electron chi connectivity index (χ0n) is 18.6. The van der Waals surface area contributed by atoms with Gasteiger partial charge in [-0.05, 0) is 49.1 Å². The average Bonchev–Trinajstić information content (AvgIpc) is 3.43. The minimum absolute atomic E-state index is 0.0596. The van der Waals surface area contributed by atoms with E-state index in [1.807, 2.05) is 85.5 Å². The van der Waals surface area contributed by atoms with Crippen molar-refractivity contribution in [1.82, 2.24) is 14.3 Å².